The Kier molecular flexibility index (Phi) is 9.03. The monoisotopic (exact) mass is 493 g/mol. The van der Waals surface area contributed by atoms with Crippen LogP contribution in [0.25, 0.3) is 12.2 Å². The van der Waals surface area contributed by atoms with Crippen LogP contribution in [0.1, 0.15) is 39.7 Å². The van der Waals surface area contributed by atoms with Crippen LogP contribution in [0.15, 0.2) is 84.4 Å². The molecule has 144 valence electrons. The average molecular weight is 496 g/mol. The molecule has 2 aliphatic rings. The van der Waals surface area contributed by atoms with E-state index in [0.717, 1.165) is 6.42 Å². The molecular formula is C26H21Cl2Zr-. The summed E-state index contributed by atoms with van der Waals surface area (Å²) < 4.78 is 3.34. The van der Waals surface area contributed by atoms with Gasteiger partial charge in [0.25, 0.3) is 0 Å². The first-order chi connectivity index (χ1) is 13.4. The Bertz CT molecular complexity index is 1010. The Morgan fingerprint density at radius 3 is 2.03 bits per heavy atom. The maximum Gasteiger partial charge on any atom is -1.00 e. The maximum absolute atomic E-state index is 3.65. The Hall–Kier alpha value is -1.53. The van der Waals surface area contributed by atoms with Gasteiger partial charge in [0, 0.05) is 0 Å². The van der Waals surface area contributed by atoms with E-state index in [1.807, 2.05) is 0 Å². The number of fused-ring (bicyclic) bond motifs is 2. The van der Waals surface area contributed by atoms with Crippen molar-refractivity contribution in [2.75, 3.05) is 0 Å². The van der Waals surface area contributed by atoms with Crippen LogP contribution in [0.5, 0.6) is 0 Å². The Labute approximate surface area is 200 Å². The van der Waals surface area contributed by atoms with E-state index < -0.39 is 0 Å². The molecule has 2 atom stereocenters. The van der Waals surface area contributed by atoms with Gasteiger partial charge in [0.05, 0.1) is 0 Å². The molecule has 3 heteroatoms. The molecule has 0 heterocycles. The van der Waals surface area contributed by atoms with Crippen LogP contribution in [0, 0.1) is 6.08 Å². The second kappa shape index (κ2) is 11.0. The molecule has 3 aromatic carbocycles. The molecule has 0 aliphatic heterocycles. The summed E-state index contributed by atoms with van der Waals surface area (Å²) in [6.45, 7) is 0. The van der Waals surface area contributed by atoms with Crippen LogP contribution in [0.2, 0.25) is 0 Å². The number of benzene rings is 3. The Morgan fingerprint density at radius 2 is 1.31 bits per heavy atom. The van der Waals surface area contributed by atoms with E-state index in [1.54, 1.807) is 0 Å². The quantitative estimate of drug-likeness (QED) is 0.449. The second-order valence-electron chi connectivity index (χ2n) is 6.91. The molecule has 0 N–H and O–H groups in total. The van der Waals surface area contributed by atoms with Gasteiger partial charge in [-0.1, -0.05) is 90.4 Å². The zero-order chi connectivity index (χ0) is 18.6. The minimum absolute atomic E-state index is 0. The zero-order valence-electron chi connectivity index (χ0n) is 16.0. The van der Waals surface area contributed by atoms with E-state index in [-0.39, 0.29) is 24.8 Å². The molecule has 0 aromatic heterocycles. The van der Waals surface area contributed by atoms with Gasteiger partial charge in [-0.15, -0.1) is 11.6 Å². The normalized spacial score (nSPS) is 17.7. The van der Waals surface area contributed by atoms with Crippen LogP contribution in [0.4, 0.5) is 0 Å². The second-order valence-corrected chi connectivity index (χ2v) is 6.91. The number of hydrogen-bond donors (Lipinski definition) is 0. The van der Waals surface area contributed by atoms with Crippen molar-refractivity contribution < 1.29 is 49.0 Å². The minimum atomic E-state index is 0. The van der Waals surface area contributed by atoms with Gasteiger partial charge in [-0.3, -0.25) is 6.08 Å². The van der Waals surface area contributed by atoms with Crippen molar-refractivity contribution in [1.29, 1.82) is 0 Å². The molecule has 0 radical (unpaired) electrons. The summed E-state index contributed by atoms with van der Waals surface area (Å²) in [6, 6.07) is 28.3. The summed E-state index contributed by atoms with van der Waals surface area (Å²) in [5, 5.41) is 0. The van der Waals surface area contributed by atoms with Gasteiger partial charge in [-0.2, -0.15) is 5.56 Å². The Morgan fingerprint density at radius 1 is 0.724 bits per heavy atom. The average Bonchev–Trinajstić information content (AvgIpc) is 3.31. The minimum Gasteiger partial charge on any atom is -1.00 e. The Balaban J connectivity index is 0.000000729. The van der Waals surface area contributed by atoms with Crippen LogP contribution in [0.3, 0.4) is 0 Å². The summed E-state index contributed by atoms with van der Waals surface area (Å²) in [5.74, 6) is 0.700. The van der Waals surface area contributed by atoms with Crippen molar-refractivity contribution in [3.63, 3.8) is 0 Å². The first-order valence-electron chi connectivity index (χ1n) is 9.27. The number of hydrogen-bond acceptors (Lipinski definition) is 0. The molecule has 3 aromatic rings. The predicted octanol–water partition coefficient (Wildman–Crippen LogP) is -0.00311. The zero-order valence-corrected chi connectivity index (χ0v) is 20.0. The van der Waals surface area contributed by atoms with Gasteiger partial charge in [0.1, 0.15) is 0 Å². The smallest absolute Gasteiger partial charge is 1.00 e. The number of halogens is 2. The maximum atomic E-state index is 3.65. The fourth-order valence-corrected chi connectivity index (χ4v) is 4.27. The van der Waals surface area contributed by atoms with E-state index in [2.05, 4.69) is 101 Å². The third kappa shape index (κ3) is 4.80. The summed E-state index contributed by atoms with van der Waals surface area (Å²) in [5.41, 5.74) is 8.40. The summed E-state index contributed by atoms with van der Waals surface area (Å²) >= 11 is 1.30. The molecule has 29 heavy (non-hydrogen) atoms. The van der Waals surface area contributed by atoms with Crippen molar-refractivity contribution in [3.05, 3.63) is 118 Å². The van der Waals surface area contributed by atoms with Crippen LogP contribution < -0.4 is 24.8 Å². The molecule has 0 spiro atoms. The molecular weight excluding hydrogens is 474 g/mol. The summed E-state index contributed by atoms with van der Waals surface area (Å²) in [6.07, 6.45) is 9.22. The fourth-order valence-electron chi connectivity index (χ4n) is 4.27. The molecule has 0 bridgehead atoms. The van der Waals surface area contributed by atoms with Crippen molar-refractivity contribution in [1.82, 2.24) is 0 Å². The van der Waals surface area contributed by atoms with Gasteiger partial charge in [0.2, 0.25) is 0 Å². The van der Waals surface area contributed by atoms with Crippen molar-refractivity contribution >= 4 is 16.4 Å². The SMILES string of the molecule is [C-]1=Cc2ccccc2C1C1C(Cc2ccccc2)=Cc2ccccc21.[CH2]=[Zr+2].[Cl-].[Cl-]. The summed E-state index contributed by atoms with van der Waals surface area (Å²) in [4.78, 5) is 0. The van der Waals surface area contributed by atoms with E-state index >= 15 is 0 Å². The molecule has 0 fully saturated rings. The van der Waals surface area contributed by atoms with Gasteiger partial charge >= 0.3 is 28.4 Å². The van der Waals surface area contributed by atoms with Gasteiger partial charge in [-0.05, 0) is 29.0 Å². The third-order valence-electron chi connectivity index (χ3n) is 5.41. The van der Waals surface area contributed by atoms with Crippen LogP contribution in [-0.2, 0) is 30.7 Å². The molecule has 0 saturated heterocycles. The van der Waals surface area contributed by atoms with Crippen molar-refractivity contribution in [2.24, 2.45) is 0 Å². The molecule has 0 nitrogen and oxygen atoms in total. The molecule has 2 aliphatic carbocycles. The van der Waals surface area contributed by atoms with Gasteiger partial charge in [-0.25, -0.2) is 6.08 Å². The van der Waals surface area contributed by atoms with Gasteiger partial charge < -0.3 is 24.8 Å². The molecule has 5 rings (SSSR count). The van der Waals surface area contributed by atoms with Crippen molar-refractivity contribution in [3.8, 4) is 0 Å². The first kappa shape index (κ1) is 23.7. The molecule has 0 amide bonds. The van der Waals surface area contributed by atoms with E-state index in [4.69, 9.17) is 0 Å². The van der Waals surface area contributed by atoms with Crippen LogP contribution in [-0.4, -0.2) is 4.21 Å². The third-order valence-corrected chi connectivity index (χ3v) is 5.41. The topological polar surface area (TPSA) is 0 Å². The van der Waals surface area contributed by atoms with Crippen LogP contribution >= 0.6 is 0 Å². The first-order valence-corrected chi connectivity index (χ1v) is 11.0. The standard InChI is InChI=1S/C25H19.CH2.2ClH.Zr/c1-2-8-18(9-3-1)16-21-17-20-11-5-7-13-23(20)25(21)24-15-14-19-10-4-6-12-22(19)24;;;;/h1-14,17,24-25H,16H2;1H2;2*1H;/q-1;;;;+2/p-2. The van der Waals surface area contributed by atoms with E-state index in [0.29, 0.717) is 11.8 Å². The van der Waals surface area contributed by atoms with E-state index in [9.17, 15) is 0 Å². The number of allylic oxidation sites excluding steroid dienone is 2. The fraction of sp³-hybridized carbons (Fsp3) is 0.115. The molecule has 2 unspecified atom stereocenters. The summed E-state index contributed by atoms with van der Waals surface area (Å²) in [7, 11) is 0. The van der Waals surface area contributed by atoms with Gasteiger partial charge in [0.15, 0.2) is 0 Å². The number of rotatable bonds is 3. The van der Waals surface area contributed by atoms with E-state index in [1.165, 1.54) is 57.6 Å². The molecule has 0 saturated carbocycles. The predicted molar refractivity (Wildman–Crippen MR) is 111 cm³/mol. The largest absolute Gasteiger partial charge is 1.00 e. The van der Waals surface area contributed by atoms with Crippen molar-refractivity contribution in [2.45, 2.75) is 18.3 Å².